The Balaban J connectivity index is 0.000000265. The van der Waals surface area contributed by atoms with Crippen molar-refractivity contribution in [3.05, 3.63) is 12.3 Å². The number of carboxylic acids is 1. The number of ether oxygens (including phenoxy) is 1. The largest absolute Gasteiger partial charge is 0.504 e. The molecule has 1 rings (SSSR count). The topological polar surface area (TPSA) is 84.6 Å². The van der Waals surface area contributed by atoms with E-state index < -0.39 is 5.97 Å². The SMILES string of the molecule is COC=CC(=O)O.NNC1CCCCC1. The van der Waals surface area contributed by atoms with Gasteiger partial charge in [-0.25, -0.2) is 4.79 Å². The summed E-state index contributed by atoms with van der Waals surface area (Å²) in [5.74, 6) is 4.25. The Kier molecular flexibility index (Phi) is 8.81. The molecule has 0 unspecified atom stereocenters. The minimum absolute atomic E-state index is 0.615. The van der Waals surface area contributed by atoms with Crippen molar-refractivity contribution in [2.75, 3.05) is 7.11 Å². The number of carbonyl (C=O) groups is 1. The zero-order valence-corrected chi connectivity index (χ0v) is 9.11. The van der Waals surface area contributed by atoms with Crippen LogP contribution in [0.15, 0.2) is 12.3 Å². The normalized spacial score (nSPS) is 16.9. The van der Waals surface area contributed by atoms with Crippen LogP contribution in [-0.2, 0) is 9.53 Å². The molecule has 0 bridgehead atoms. The Morgan fingerprint density at radius 2 is 2.07 bits per heavy atom. The van der Waals surface area contributed by atoms with E-state index in [2.05, 4.69) is 10.2 Å². The van der Waals surface area contributed by atoms with Crippen LogP contribution < -0.4 is 11.3 Å². The van der Waals surface area contributed by atoms with E-state index in [1.165, 1.54) is 39.2 Å². The molecule has 5 nitrogen and oxygen atoms in total. The Morgan fingerprint density at radius 3 is 2.33 bits per heavy atom. The van der Waals surface area contributed by atoms with E-state index in [1.54, 1.807) is 0 Å². The molecule has 0 aromatic heterocycles. The standard InChI is InChI=1S/C6H14N2.C4H6O3/c7-8-6-4-2-1-3-5-6;1-7-3-2-4(5)6/h6,8H,1-5,7H2;2-3H,1H3,(H,5,6). The number of methoxy groups -OCH3 is 1. The van der Waals surface area contributed by atoms with Crippen molar-refractivity contribution in [2.45, 2.75) is 38.1 Å². The Labute approximate surface area is 90.3 Å². The summed E-state index contributed by atoms with van der Waals surface area (Å²) in [6, 6.07) is 0.615. The van der Waals surface area contributed by atoms with Crippen molar-refractivity contribution in [3.63, 3.8) is 0 Å². The molecule has 4 N–H and O–H groups in total. The average molecular weight is 216 g/mol. The molecule has 1 saturated carbocycles. The van der Waals surface area contributed by atoms with Gasteiger partial charge in [-0.1, -0.05) is 19.3 Å². The maximum absolute atomic E-state index is 9.59. The summed E-state index contributed by atoms with van der Waals surface area (Å²) in [5.41, 5.74) is 2.80. The highest BCUT2D eigenvalue weighted by Gasteiger charge is 2.09. The Morgan fingerprint density at radius 1 is 1.47 bits per heavy atom. The van der Waals surface area contributed by atoms with Crippen molar-refractivity contribution in [1.29, 1.82) is 0 Å². The summed E-state index contributed by atoms with van der Waals surface area (Å²) < 4.78 is 4.29. The minimum Gasteiger partial charge on any atom is -0.504 e. The third-order valence-electron chi connectivity index (χ3n) is 2.19. The number of nitrogens with one attached hydrogen (secondary N) is 1. The van der Waals surface area contributed by atoms with Crippen LogP contribution in [0.5, 0.6) is 0 Å². The molecular weight excluding hydrogens is 196 g/mol. The number of carboxylic acid groups (broad SMARTS) is 1. The van der Waals surface area contributed by atoms with Crippen molar-refractivity contribution in [3.8, 4) is 0 Å². The molecule has 0 spiro atoms. The van der Waals surface area contributed by atoms with Gasteiger partial charge in [0.25, 0.3) is 0 Å². The summed E-state index contributed by atoms with van der Waals surface area (Å²) in [6.07, 6.45) is 8.68. The van der Waals surface area contributed by atoms with Gasteiger partial charge in [0.05, 0.1) is 19.4 Å². The molecule has 1 aliphatic carbocycles. The van der Waals surface area contributed by atoms with Gasteiger partial charge < -0.3 is 9.84 Å². The van der Waals surface area contributed by atoms with Gasteiger partial charge in [0.15, 0.2) is 0 Å². The monoisotopic (exact) mass is 216 g/mol. The van der Waals surface area contributed by atoms with E-state index in [1.807, 2.05) is 0 Å². The van der Waals surface area contributed by atoms with E-state index >= 15 is 0 Å². The fourth-order valence-corrected chi connectivity index (χ4v) is 1.40. The lowest BCUT2D eigenvalue weighted by molar-refractivity contribution is -0.131. The van der Waals surface area contributed by atoms with Gasteiger partial charge in [0, 0.05) is 6.04 Å². The van der Waals surface area contributed by atoms with Crippen LogP contribution >= 0.6 is 0 Å². The zero-order valence-electron chi connectivity index (χ0n) is 9.11. The maximum atomic E-state index is 9.59. The molecule has 0 saturated heterocycles. The third-order valence-corrected chi connectivity index (χ3v) is 2.19. The first-order valence-corrected chi connectivity index (χ1v) is 5.09. The van der Waals surface area contributed by atoms with Gasteiger partial charge >= 0.3 is 5.97 Å². The van der Waals surface area contributed by atoms with E-state index in [0.717, 1.165) is 12.3 Å². The number of hydrazine groups is 1. The van der Waals surface area contributed by atoms with Crippen molar-refractivity contribution in [1.82, 2.24) is 5.43 Å². The van der Waals surface area contributed by atoms with E-state index in [-0.39, 0.29) is 0 Å². The number of hydrogen-bond acceptors (Lipinski definition) is 4. The van der Waals surface area contributed by atoms with Crippen LogP contribution in [0.3, 0.4) is 0 Å². The molecule has 88 valence electrons. The molecule has 1 aliphatic rings. The van der Waals surface area contributed by atoms with Gasteiger partial charge in [0.2, 0.25) is 0 Å². The second-order valence-corrected chi connectivity index (χ2v) is 3.38. The van der Waals surface area contributed by atoms with Crippen LogP contribution in [0.1, 0.15) is 32.1 Å². The quantitative estimate of drug-likeness (QED) is 0.284. The second kappa shape index (κ2) is 9.48. The average Bonchev–Trinajstić information content (AvgIpc) is 2.28. The highest BCUT2D eigenvalue weighted by molar-refractivity contribution is 5.79. The predicted molar refractivity (Wildman–Crippen MR) is 58.0 cm³/mol. The summed E-state index contributed by atoms with van der Waals surface area (Å²) in [6.45, 7) is 0. The summed E-state index contributed by atoms with van der Waals surface area (Å²) >= 11 is 0. The smallest absolute Gasteiger partial charge is 0.331 e. The third kappa shape index (κ3) is 9.24. The van der Waals surface area contributed by atoms with Crippen molar-refractivity contribution in [2.24, 2.45) is 5.84 Å². The summed E-state index contributed by atoms with van der Waals surface area (Å²) in [7, 11) is 1.39. The highest BCUT2D eigenvalue weighted by Crippen LogP contribution is 2.16. The van der Waals surface area contributed by atoms with Crippen molar-refractivity contribution >= 4 is 5.97 Å². The number of aliphatic carboxylic acids is 1. The van der Waals surface area contributed by atoms with E-state index in [4.69, 9.17) is 10.9 Å². The second-order valence-electron chi connectivity index (χ2n) is 3.38. The van der Waals surface area contributed by atoms with Crippen LogP contribution in [0.25, 0.3) is 0 Å². The van der Waals surface area contributed by atoms with Gasteiger partial charge in [-0.15, -0.1) is 0 Å². The fraction of sp³-hybridized carbons (Fsp3) is 0.700. The van der Waals surface area contributed by atoms with Gasteiger partial charge in [-0.05, 0) is 12.8 Å². The lowest BCUT2D eigenvalue weighted by Crippen LogP contribution is -2.36. The minimum atomic E-state index is -0.998. The van der Waals surface area contributed by atoms with Gasteiger partial charge in [-0.2, -0.15) is 0 Å². The molecule has 0 aromatic rings. The number of hydrogen-bond donors (Lipinski definition) is 3. The van der Waals surface area contributed by atoms with E-state index in [9.17, 15) is 4.79 Å². The molecule has 0 amide bonds. The first-order valence-electron chi connectivity index (χ1n) is 5.09. The molecule has 0 atom stereocenters. The molecule has 0 radical (unpaired) electrons. The zero-order chi connectivity index (χ0) is 11.5. The summed E-state index contributed by atoms with van der Waals surface area (Å²) in [4.78, 5) is 9.59. The van der Waals surface area contributed by atoms with Gasteiger partial charge in [0.1, 0.15) is 0 Å². The Bertz CT molecular complexity index is 189. The van der Waals surface area contributed by atoms with Crippen LogP contribution in [0, 0.1) is 0 Å². The lowest BCUT2D eigenvalue weighted by atomic mass is 9.96. The summed E-state index contributed by atoms with van der Waals surface area (Å²) in [5, 5.41) is 7.88. The molecule has 0 heterocycles. The highest BCUT2D eigenvalue weighted by atomic mass is 16.5. The number of nitrogens with two attached hydrogens (primary N) is 1. The maximum Gasteiger partial charge on any atom is 0.331 e. The predicted octanol–water partition coefficient (Wildman–Crippen LogP) is 1.01. The molecule has 0 aliphatic heterocycles. The lowest BCUT2D eigenvalue weighted by Gasteiger charge is -2.19. The van der Waals surface area contributed by atoms with Crippen LogP contribution in [0.4, 0.5) is 0 Å². The first-order chi connectivity index (χ1) is 7.20. The molecule has 5 heteroatoms. The molecule has 1 fully saturated rings. The first kappa shape index (κ1) is 13.9. The molecule has 15 heavy (non-hydrogen) atoms. The van der Waals surface area contributed by atoms with Crippen LogP contribution in [-0.4, -0.2) is 24.2 Å². The van der Waals surface area contributed by atoms with E-state index in [0.29, 0.717) is 6.04 Å². The number of rotatable bonds is 3. The van der Waals surface area contributed by atoms with Gasteiger partial charge in [-0.3, -0.25) is 11.3 Å². The van der Waals surface area contributed by atoms with Crippen molar-refractivity contribution < 1.29 is 14.6 Å². The molecule has 0 aromatic carbocycles. The molecular formula is C10H20N2O3. The fourth-order valence-electron chi connectivity index (χ4n) is 1.40. The van der Waals surface area contributed by atoms with Crippen LogP contribution in [0.2, 0.25) is 0 Å². The Hall–Kier alpha value is -1.07.